The molecule has 0 bridgehead atoms. The Morgan fingerprint density at radius 2 is 2.03 bits per heavy atom. The first-order chi connectivity index (χ1) is 15.4. The van der Waals surface area contributed by atoms with Gasteiger partial charge in [-0.3, -0.25) is 4.79 Å². The molecule has 2 aliphatic rings. The molecule has 0 radical (unpaired) electrons. The molecule has 2 aromatic carbocycles. The first-order valence-electron chi connectivity index (χ1n) is 10.7. The Balaban J connectivity index is 1.30. The van der Waals surface area contributed by atoms with Gasteiger partial charge in [0.05, 0.1) is 11.0 Å². The third-order valence-corrected chi connectivity index (χ3v) is 7.84. The molecule has 2 N–H and O–H groups in total. The number of hydrogen-bond donors (Lipinski definition) is 2. The lowest BCUT2D eigenvalue weighted by Gasteiger charge is -2.27. The van der Waals surface area contributed by atoms with E-state index in [0.717, 1.165) is 41.4 Å². The Kier molecular flexibility index (Phi) is 5.71. The van der Waals surface area contributed by atoms with Crippen LogP contribution in [0.5, 0.6) is 0 Å². The Labute approximate surface area is 191 Å². The molecule has 0 saturated carbocycles. The van der Waals surface area contributed by atoms with Crippen molar-refractivity contribution in [3.05, 3.63) is 64.3 Å². The van der Waals surface area contributed by atoms with Gasteiger partial charge in [0.2, 0.25) is 10.0 Å². The van der Waals surface area contributed by atoms with Gasteiger partial charge in [0.15, 0.2) is 0 Å². The van der Waals surface area contributed by atoms with Crippen LogP contribution >= 0.6 is 11.6 Å². The van der Waals surface area contributed by atoms with Crippen LogP contribution in [0, 0.1) is 0 Å². The molecule has 32 heavy (non-hydrogen) atoms. The lowest BCUT2D eigenvalue weighted by atomic mass is 10.0. The second-order valence-electron chi connectivity index (χ2n) is 8.26. The molecular formula is C23H24ClN3O4S. The summed E-state index contributed by atoms with van der Waals surface area (Å²) >= 11 is 6.17. The molecular weight excluding hydrogens is 450 g/mol. The number of halogens is 1. The number of nitrogens with zero attached hydrogens (tertiary/aromatic N) is 1. The van der Waals surface area contributed by atoms with Crippen LogP contribution in [-0.4, -0.2) is 50.0 Å². The molecule has 0 aliphatic carbocycles. The van der Waals surface area contributed by atoms with Crippen LogP contribution < -0.4 is 4.72 Å². The van der Waals surface area contributed by atoms with Crippen LogP contribution in [-0.2, 0) is 27.7 Å². The molecule has 1 atom stereocenters. The molecule has 2 aliphatic heterocycles. The van der Waals surface area contributed by atoms with E-state index in [-0.39, 0.29) is 23.5 Å². The second kappa shape index (κ2) is 8.51. The minimum absolute atomic E-state index is 0.0750. The van der Waals surface area contributed by atoms with Crippen molar-refractivity contribution in [2.45, 2.75) is 36.8 Å². The maximum absolute atomic E-state index is 13.1. The minimum Gasteiger partial charge on any atom is -0.377 e. The zero-order chi connectivity index (χ0) is 22.3. The Morgan fingerprint density at radius 3 is 2.78 bits per heavy atom. The third kappa shape index (κ3) is 4.15. The summed E-state index contributed by atoms with van der Waals surface area (Å²) in [7, 11) is -3.65. The van der Waals surface area contributed by atoms with Crippen molar-refractivity contribution in [3.8, 4) is 0 Å². The number of benzene rings is 2. The fourth-order valence-electron chi connectivity index (χ4n) is 4.41. The van der Waals surface area contributed by atoms with Crippen molar-refractivity contribution in [2.24, 2.45) is 0 Å². The van der Waals surface area contributed by atoms with Gasteiger partial charge in [-0.05, 0) is 55.3 Å². The highest BCUT2D eigenvalue weighted by atomic mass is 35.5. The van der Waals surface area contributed by atoms with Gasteiger partial charge in [0, 0.05) is 65.4 Å². The van der Waals surface area contributed by atoms with E-state index < -0.39 is 10.0 Å². The molecule has 1 amide bonds. The van der Waals surface area contributed by atoms with Crippen molar-refractivity contribution in [1.29, 1.82) is 0 Å². The fourth-order valence-corrected chi connectivity index (χ4v) is 5.65. The topological polar surface area (TPSA) is 91.5 Å². The summed E-state index contributed by atoms with van der Waals surface area (Å²) in [5, 5.41) is 1.69. The van der Waals surface area contributed by atoms with E-state index in [1.165, 1.54) is 12.1 Å². The Bertz CT molecular complexity index is 1260. The molecule has 7 nitrogen and oxygen atoms in total. The van der Waals surface area contributed by atoms with E-state index in [2.05, 4.69) is 9.71 Å². The average Bonchev–Trinajstić information content (AvgIpc) is 3.45. The van der Waals surface area contributed by atoms with Gasteiger partial charge in [0.25, 0.3) is 5.91 Å². The smallest absolute Gasteiger partial charge is 0.254 e. The normalized spacial score (nSPS) is 18.8. The highest BCUT2D eigenvalue weighted by Crippen LogP contribution is 2.30. The molecule has 3 aromatic rings. The zero-order valence-electron chi connectivity index (χ0n) is 17.4. The number of aromatic nitrogens is 1. The summed E-state index contributed by atoms with van der Waals surface area (Å²) in [6.45, 7) is 2.01. The molecule has 1 saturated heterocycles. The van der Waals surface area contributed by atoms with Crippen molar-refractivity contribution < 1.29 is 17.9 Å². The number of sulfonamides is 1. The SMILES string of the molecule is O=C(c1ccc(S(=O)(=O)NCC2CCCO2)cc1)N1CCc2[nH]c3ccc(Cl)cc3c2C1. The highest BCUT2D eigenvalue weighted by molar-refractivity contribution is 7.89. The summed E-state index contributed by atoms with van der Waals surface area (Å²) in [5.41, 5.74) is 3.69. The molecule has 9 heteroatoms. The van der Waals surface area contributed by atoms with Gasteiger partial charge < -0.3 is 14.6 Å². The standard InChI is InChI=1S/C23H24ClN3O4S/c24-16-5-8-21-19(12-16)20-14-27(10-9-22(20)26-21)23(28)15-3-6-18(7-4-15)32(29,30)25-13-17-2-1-11-31-17/h3-8,12,17,25-26H,1-2,9-11,13-14H2. The number of ether oxygens (including phenoxy) is 1. The number of carbonyl (C=O) groups excluding carboxylic acids is 1. The molecule has 3 heterocycles. The van der Waals surface area contributed by atoms with Crippen LogP contribution in [0.4, 0.5) is 0 Å². The van der Waals surface area contributed by atoms with Crippen LogP contribution in [0.2, 0.25) is 5.02 Å². The summed E-state index contributed by atoms with van der Waals surface area (Å²) in [6, 6.07) is 11.8. The van der Waals surface area contributed by atoms with E-state index in [4.69, 9.17) is 16.3 Å². The van der Waals surface area contributed by atoms with Gasteiger partial charge in [-0.2, -0.15) is 0 Å². The number of aromatic amines is 1. The predicted molar refractivity (Wildman–Crippen MR) is 122 cm³/mol. The number of hydrogen-bond acceptors (Lipinski definition) is 4. The summed E-state index contributed by atoms with van der Waals surface area (Å²) < 4.78 is 33.2. The summed E-state index contributed by atoms with van der Waals surface area (Å²) in [6.07, 6.45) is 2.46. The van der Waals surface area contributed by atoms with Crippen LogP contribution in [0.15, 0.2) is 47.4 Å². The van der Waals surface area contributed by atoms with E-state index in [1.807, 2.05) is 18.2 Å². The predicted octanol–water partition coefficient (Wildman–Crippen LogP) is 3.48. The molecule has 0 spiro atoms. The van der Waals surface area contributed by atoms with E-state index in [0.29, 0.717) is 30.3 Å². The largest absolute Gasteiger partial charge is 0.377 e. The molecule has 168 valence electrons. The lowest BCUT2D eigenvalue weighted by Crippen LogP contribution is -2.35. The molecule has 5 rings (SSSR count). The number of nitrogens with one attached hydrogen (secondary N) is 2. The van der Waals surface area contributed by atoms with E-state index in [9.17, 15) is 13.2 Å². The number of rotatable bonds is 5. The molecule has 1 fully saturated rings. The first kappa shape index (κ1) is 21.5. The quantitative estimate of drug-likeness (QED) is 0.593. The van der Waals surface area contributed by atoms with Gasteiger partial charge >= 0.3 is 0 Å². The summed E-state index contributed by atoms with van der Waals surface area (Å²) in [4.78, 5) is 18.4. The monoisotopic (exact) mass is 473 g/mol. The van der Waals surface area contributed by atoms with E-state index in [1.54, 1.807) is 17.0 Å². The van der Waals surface area contributed by atoms with Crippen LogP contribution in [0.3, 0.4) is 0 Å². The van der Waals surface area contributed by atoms with Gasteiger partial charge in [0.1, 0.15) is 0 Å². The fraction of sp³-hybridized carbons (Fsp3) is 0.348. The van der Waals surface area contributed by atoms with Crippen LogP contribution in [0.25, 0.3) is 10.9 Å². The Hall–Kier alpha value is -2.39. The third-order valence-electron chi connectivity index (χ3n) is 6.16. The maximum atomic E-state index is 13.1. The van der Waals surface area contributed by atoms with Gasteiger partial charge in [-0.15, -0.1) is 0 Å². The number of H-pyrrole nitrogens is 1. The van der Waals surface area contributed by atoms with Gasteiger partial charge in [-0.25, -0.2) is 13.1 Å². The molecule has 1 unspecified atom stereocenters. The number of amides is 1. The maximum Gasteiger partial charge on any atom is 0.254 e. The van der Waals surface area contributed by atoms with E-state index >= 15 is 0 Å². The van der Waals surface area contributed by atoms with Crippen LogP contribution in [0.1, 0.15) is 34.5 Å². The van der Waals surface area contributed by atoms with Crippen molar-refractivity contribution in [1.82, 2.24) is 14.6 Å². The van der Waals surface area contributed by atoms with Crippen molar-refractivity contribution >= 4 is 38.4 Å². The van der Waals surface area contributed by atoms with Crippen molar-refractivity contribution in [3.63, 3.8) is 0 Å². The van der Waals surface area contributed by atoms with Gasteiger partial charge in [-0.1, -0.05) is 11.6 Å². The average molecular weight is 474 g/mol. The summed E-state index contributed by atoms with van der Waals surface area (Å²) in [5.74, 6) is -0.122. The minimum atomic E-state index is -3.65. The second-order valence-corrected chi connectivity index (χ2v) is 10.5. The first-order valence-corrected chi connectivity index (χ1v) is 12.6. The number of fused-ring (bicyclic) bond motifs is 3. The molecule has 1 aromatic heterocycles. The highest BCUT2D eigenvalue weighted by Gasteiger charge is 2.26. The zero-order valence-corrected chi connectivity index (χ0v) is 19.0. The van der Waals surface area contributed by atoms with Crippen molar-refractivity contribution in [2.75, 3.05) is 19.7 Å². The Morgan fingerprint density at radius 1 is 1.22 bits per heavy atom. The number of carbonyl (C=O) groups is 1. The lowest BCUT2D eigenvalue weighted by molar-refractivity contribution is 0.0735.